The van der Waals surface area contributed by atoms with Crippen molar-refractivity contribution in [1.82, 2.24) is 0 Å². The fraction of sp³-hybridized carbons (Fsp3) is 0.814. The van der Waals surface area contributed by atoms with E-state index in [-0.39, 0.29) is 31.1 Å². The molecule has 0 saturated carbocycles. The Labute approximate surface area is 472 Å². The van der Waals surface area contributed by atoms with Gasteiger partial charge in [-0.15, -0.1) is 0 Å². The molecule has 0 amide bonds. The summed E-state index contributed by atoms with van der Waals surface area (Å²) in [5.74, 6) is -0.891. The van der Waals surface area contributed by atoms with Gasteiger partial charge in [0.15, 0.2) is 6.10 Å². The lowest BCUT2D eigenvalue weighted by molar-refractivity contribution is -0.167. The fourth-order valence-electron chi connectivity index (χ4n) is 9.69. The molecule has 1 unspecified atom stereocenters. The minimum atomic E-state index is -0.782. The van der Waals surface area contributed by atoms with Crippen LogP contribution in [0.15, 0.2) is 60.8 Å². The molecular formula is C70H126O6. The molecule has 0 saturated heterocycles. The molecule has 0 aliphatic carbocycles. The van der Waals surface area contributed by atoms with Crippen molar-refractivity contribution >= 4 is 17.9 Å². The summed E-state index contributed by atoms with van der Waals surface area (Å²) in [5, 5.41) is 0. The molecule has 0 rings (SSSR count). The van der Waals surface area contributed by atoms with Gasteiger partial charge in [0, 0.05) is 19.3 Å². The highest BCUT2D eigenvalue weighted by atomic mass is 16.6. The lowest BCUT2D eigenvalue weighted by Gasteiger charge is -2.18. The number of carbonyl (C=O) groups excluding carboxylic acids is 3. The number of rotatable bonds is 61. The first-order valence-corrected chi connectivity index (χ1v) is 33.3. The molecular weight excluding hydrogens is 937 g/mol. The van der Waals surface area contributed by atoms with Crippen LogP contribution in [0.4, 0.5) is 0 Å². The third kappa shape index (κ3) is 62.0. The maximum Gasteiger partial charge on any atom is 0.306 e. The molecule has 0 spiro atoms. The molecule has 6 nitrogen and oxygen atoms in total. The first kappa shape index (κ1) is 73.1. The Morgan fingerprint density at radius 3 is 0.803 bits per heavy atom. The molecule has 0 aromatic carbocycles. The average Bonchev–Trinajstić information content (AvgIpc) is 3.42. The van der Waals surface area contributed by atoms with Crippen LogP contribution in [0.2, 0.25) is 0 Å². The van der Waals surface area contributed by atoms with Crippen LogP contribution in [0.1, 0.15) is 348 Å². The Hall–Kier alpha value is -2.89. The number of ether oxygens (including phenoxy) is 3. The second kappa shape index (κ2) is 64.6. The standard InChI is InChI=1S/C70H126O6/c1-4-7-10-13-16-19-22-24-25-26-27-28-29-30-31-32-33-34-35-36-37-38-39-40-41-42-43-44-45-47-48-51-54-57-60-63-69(72)75-66-67(65-74-68(71)62-59-56-53-50-21-18-15-12-9-6-3)76-70(73)64-61-58-55-52-49-46-23-20-17-14-11-8-5-2/h11-12,14-15,20,22-24,26-27,67H,4-10,13,16-19,21,25,28-66H2,1-3H3/b14-11-,15-12-,23-20-,24-22-,27-26-. The first-order valence-electron chi connectivity index (χ1n) is 33.3. The summed E-state index contributed by atoms with van der Waals surface area (Å²) < 4.78 is 16.8. The zero-order valence-electron chi connectivity index (χ0n) is 50.8. The van der Waals surface area contributed by atoms with E-state index in [1.165, 1.54) is 199 Å². The number of esters is 3. The van der Waals surface area contributed by atoms with E-state index in [0.717, 1.165) is 109 Å². The summed E-state index contributed by atoms with van der Waals surface area (Å²) >= 11 is 0. The molecule has 0 aliphatic heterocycles. The minimum absolute atomic E-state index is 0.0793. The highest BCUT2D eigenvalue weighted by Crippen LogP contribution is 2.18. The molecule has 0 N–H and O–H groups in total. The quantitative estimate of drug-likeness (QED) is 0.0261. The molecule has 0 fully saturated rings. The highest BCUT2D eigenvalue weighted by Gasteiger charge is 2.19. The molecule has 1 atom stereocenters. The smallest absolute Gasteiger partial charge is 0.306 e. The van der Waals surface area contributed by atoms with Crippen molar-refractivity contribution in [2.45, 2.75) is 354 Å². The maximum atomic E-state index is 12.8. The van der Waals surface area contributed by atoms with Gasteiger partial charge in [-0.1, -0.05) is 293 Å². The Morgan fingerprint density at radius 1 is 0.263 bits per heavy atom. The number of hydrogen-bond donors (Lipinski definition) is 0. The van der Waals surface area contributed by atoms with Gasteiger partial charge in [-0.05, 0) is 96.3 Å². The predicted octanol–water partition coefficient (Wildman–Crippen LogP) is 22.7. The molecule has 0 radical (unpaired) electrons. The van der Waals surface area contributed by atoms with Gasteiger partial charge in [0.2, 0.25) is 0 Å². The number of carbonyl (C=O) groups is 3. The lowest BCUT2D eigenvalue weighted by atomic mass is 10.0. The van der Waals surface area contributed by atoms with E-state index >= 15 is 0 Å². The van der Waals surface area contributed by atoms with Crippen LogP contribution in [0.25, 0.3) is 0 Å². The van der Waals surface area contributed by atoms with Gasteiger partial charge < -0.3 is 14.2 Å². The zero-order chi connectivity index (χ0) is 55.0. The molecule has 0 aromatic rings. The van der Waals surface area contributed by atoms with Gasteiger partial charge in [0.25, 0.3) is 0 Å². The van der Waals surface area contributed by atoms with Gasteiger partial charge >= 0.3 is 17.9 Å². The maximum absolute atomic E-state index is 12.8. The average molecular weight is 1060 g/mol. The van der Waals surface area contributed by atoms with Crippen LogP contribution in [-0.2, 0) is 28.6 Å². The van der Waals surface area contributed by atoms with Crippen LogP contribution in [-0.4, -0.2) is 37.2 Å². The van der Waals surface area contributed by atoms with Crippen molar-refractivity contribution in [3.63, 3.8) is 0 Å². The van der Waals surface area contributed by atoms with E-state index in [4.69, 9.17) is 14.2 Å². The SMILES string of the molecule is CCC/C=C\C/C=C\CCCCCCCC(=O)OC(COC(=O)CCCCCCC/C=C\CCC)COC(=O)CCCCCCCCCCCCCCCCCCCCCCCCC/C=C\C/C=C\CCCCCCC. The molecule has 442 valence electrons. The van der Waals surface area contributed by atoms with E-state index < -0.39 is 6.10 Å². The highest BCUT2D eigenvalue weighted by molar-refractivity contribution is 5.71. The van der Waals surface area contributed by atoms with E-state index in [1.807, 2.05) is 0 Å². The van der Waals surface area contributed by atoms with Gasteiger partial charge in [0.05, 0.1) is 0 Å². The van der Waals surface area contributed by atoms with Gasteiger partial charge in [-0.2, -0.15) is 0 Å². The molecule has 0 bridgehead atoms. The third-order valence-corrected chi connectivity index (χ3v) is 14.7. The number of hydrogen-bond acceptors (Lipinski definition) is 6. The van der Waals surface area contributed by atoms with Crippen molar-refractivity contribution < 1.29 is 28.6 Å². The summed E-state index contributed by atoms with van der Waals surface area (Å²) in [6, 6.07) is 0. The van der Waals surface area contributed by atoms with E-state index in [1.54, 1.807) is 0 Å². The molecule has 76 heavy (non-hydrogen) atoms. The second-order valence-electron chi connectivity index (χ2n) is 22.4. The zero-order valence-corrected chi connectivity index (χ0v) is 50.8. The normalized spacial score (nSPS) is 12.4. The van der Waals surface area contributed by atoms with Crippen molar-refractivity contribution in [2.75, 3.05) is 13.2 Å². The van der Waals surface area contributed by atoms with Crippen molar-refractivity contribution in [1.29, 1.82) is 0 Å². The Bertz CT molecular complexity index is 1360. The Morgan fingerprint density at radius 2 is 0.500 bits per heavy atom. The van der Waals surface area contributed by atoms with Gasteiger partial charge in [0.1, 0.15) is 13.2 Å². The third-order valence-electron chi connectivity index (χ3n) is 14.7. The Balaban J connectivity index is 3.98. The summed E-state index contributed by atoms with van der Waals surface area (Å²) in [6.45, 7) is 6.52. The van der Waals surface area contributed by atoms with Crippen molar-refractivity contribution in [3.05, 3.63) is 60.8 Å². The lowest BCUT2D eigenvalue weighted by Crippen LogP contribution is -2.30. The van der Waals surface area contributed by atoms with E-state index in [0.29, 0.717) is 19.3 Å². The fourth-order valence-corrected chi connectivity index (χ4v) is 9.69. The van der Waals surface area contributed by atoms with Crippen LogP contribution in [0.3, 0.4) is 0 Å². The van der Waals surface area contributed by atoms with Crippen LogP contribution >= 0.6 is 0 Å². The summed E-state index contributed by atoms with van der Waals surface area (Å²) in [5.41, 5.74) is 0. The molecule has 0 aliphatic rings. The van der Waals surface area contributed by atoms with Crippen LogP contribution < -0.4 is 0 Å². The topological polar surface area (TPSA) is 78.9 Å². The van der Waals surface area contributed by atoms with Crippen LogP contribution in [0.5, 0.6) is 0 Å². The first-order chi connectivity index (χ1) is 37.5. The Kier molecular flexibility index (Phi) is 62.2. The molecule has 0 heterocycles. The largest absolute Gasteiger partial charge is 0.462 e. The van der Waals surface area contributed by atoms with E-state index in [2.05, 4.69) is 81.5 Å². The van der Waals surface area contributed by atoms with Crippen molar-refractivity contribution in [3.8, 4) is 0 Å². The number of allylic oxidation sites excluding steroid dienone is 10. The van der Waals surface area contributed by atoms with Gasteiger partial charge in [-0.3, -0.25) is 14.4 Å². The van der Waals surface area contributed by atoms with Gasteiger partial charge in [-0.25, -0.2) is 0 Å². The second-order valence-corrected chi connectivity index (χ2v) is 22.4. The monoisotopic (exact) mass is 1060 g/mol. The minimum Gasteiger partial charge on any atom is -0.462 e. The number of unbranched alkanes of at least 4 members (excludes halogenated alkanes) is 40. The van der Waals surface area contributed by atoms with Crippen molar-refractivity contribution in [2.24, 2.45) is 0 Å². The summed E-state index contributed by atoms with van der Waals surface area (Å²) in [4.78, 5) is 38.1. The van der Waals surface area contributed by atoms with E-state index in [9.17, 15) is 14.4 Å². The molecule has 0 aromatic heterocycles. The summed E-state index contributed by atoms with van der Waals surface area (Å²) in [6.07, 6.45) is 82.8. The van der Waals surface area contributed by atoms with Crippen LogP contribution in [0, 0.1) is 0 Å². The molecule has 6 heteroatoms. The summed E-state index contributed by atoms with van der Waals surface area (Å²) in [7, 11) is 0. The predicted molar refractivity (Wildman–Crippen MR) is 330 cm³/mol.